The molecule has 0 aliphatic rings. The summed E-state index contributed by atoms with van der Waals surface area (Å²) in [4.78, 5) is 0. The maximum atomic E-state index is 4.92. The highest BCUT2D eigenvalue weighted by atomic mass is 127. The minimum Gasteiger partial charge on any atom is -0.0557 e. The summed E-state index contributed by atoms with van der Waals surface area (Å²) in [6.07, 6.45) is 0. The summed E-state index contributed by atoms with van der Waals surface area (Å²) in [5.41, 5.74) is 0. The summed E-state index contributed by atoms with van der Waals surface area (Å²) in [6, 6.07) is 0. The normalized spacial score (nSPS) is 15.3. The van der Waals surface area contributed by atoms with Crippen molar-refractivity contribution in [1.82, 2.24) is 0 Å². The molecule has 6 heavy (non-hydrogen) atoms. The molecule has 0 nitrogen and oxygen atoms in total. The molecule has 0 amide bonds. The molecule has 0 heterocycles. The minimum absolute atomic E-state index is 0.186. The summed E-state index contributed by atoms with van der Waals surface area (Å²) >= 11 is 7.19. The third-order valence-corrected chi connectivity index (χ3v) is 5.32. The van der Waals surface area contributed by atoms with E-state index in [2.05, 4.69) is 35.1 Å². The summed E-state index contributed by atoms with van der Waals surface area (Å²) in [6.45, 7) is 4.47. The van der Waals surface area contributed by atoms with Crippen LogP contribution in [0.4, 0.5) is 0 Å². The maximum absolute atomic E-state index is 4.92. The van der Waals surface area contributed by atoms with E-state index in [1.807, 2.05) is 0 Å². The highest BCUT2D eigenvalue weighted by molar-refractivity contribution is 14.2. The van der Waals surface area contributed by atoms with Gasteiger partial charge in [-0.3, -0.25) is 0 Å². The molecule has 0 saturated carbocycles. The van der Waals surface area contributed by atoms with Gasteiger partial charge in [0.25, 0.3) is 0 Å². The van der Waals surface area contributed by atoms with Gasteiger partial charge < -0.3 is 0 Å². The van der Waals surface area contributed by atoms with Gasteiger partial charge in [-0.25, -0.2) is 0 Å². The summed E-state index contributed by atoms with van der Waals surface area (Å²) in [5.74, 6) is 0. The van der Waals surface area contributed by atoms with Crippen molar-refractivity contribution in [3.8, 4) is 0 Å². The molecule has 0 spiro atoms. The predicted octanol–water partition coefficient (Wildman–Crippen LogP) is 1.83. The third-order valence-electron chi connectivity index (χ3n) is 0.371. The zero-order valence-corrected chi connectivity index (χ0v) is 7.56. The Kier molecular flexibility index (Phi) is 4.04. The minimum atomic E-state index is 0.186. The van der Waals surface area contributed by atoms with Crippen LogP contribution in [0, 0.1) is 0 Å². The molecule has 0 fully saturated rings. The second-order valence-corrected chi connectivity index (χ2v) is 8.45. The van der Waals surface area contributed by atoms with Crippen molar-refractivity contribution in [3.63, 3.8) is 0 Å². The van der Waals surface area contributed by atoms with Gasteiger partial charge in [0.2, 0.25) is 0 Å². The average Bonchev–Trinajstić information content (AvgIpc) is 1.36. The molecule has 0 bridgehead atoms. The molecular formula is C3H7IS2. The van der Waals surface area contributed by atoms with Crippen molar-refractivity contribution in [1.29, 1.82) is 0 Å². The van der Waals surface area contributed by atoms with Crippen molar-refractivity contribution in [2.24, 2.45) is 0 Å². The predicted molar refractivity (Wildman–Crippen MR) is 43.9 cm³/mol. The van der Waals surface area contributed by atoms with Crippen LogP contribution in [0.25, 0.3) is 0 Å². The van der Waals surface area contributed by atoms with E-state index in [0.29, 0.717) is 5.25 Å². The molecule has 0 saturated heterocycles. The van der Waals surface area contributed by atoms with Gasteiger partial charge in [0, 0.05) is 26.5 Å². The van der Waals surface area contributed by atoms with Gasteiger partial charge >= 0.3 is 0 Å². The van der Waals surface area contributed by atoms with Crippen molar-refractivity contribution >= 4 is 39.0 Å². The standard InChI is InChI=1S/C3H7IS2/c1-3(2)6(4)5/h3H,1-2H3. The van der Waals surface area contributed by atoms with Crippen molar-refractivity contribution in [2.45, 2.75) is 19.1 Å². The largest absolute Gasteiger partial charge is 0.0557 e. The highest BCUT2D eigenvalue weighted by Crippen LogP contribution is 2.01. The second-order valence-electron chi connectivity index (χ2n) is 1.30. The van der Waals surface area contributed by atoms with Crippen LogP contribution in [0.5, 0.6) is 0 Å². The third kappa shape index (κ3) is 3.49. The fraction of sp³-hybridized carbons (Fsp3) is 1.00. The Hall–Kier alpha value is 1.30. The average molecular weight is 234 g/mol. The Bertz CT molecular complexity index is 59.8. The van der Waals surface area contributed by atoms with Gasteiger partial charge in [0.15, 0.2) is 0 Å². The molecular weight excluding hydrogens is 227 g/mol. The molecule has 0 radical (unpaired) electrons. The SMILES string of the molecule is CC(C)S(=S)I. The van der Waals surface area contributed by atoms with Crippen molar-refractivity contribution < 1.29 is 0 Å². The van der Waals surface area contributed by atoms with Gasteiger partial charge in [-0.15, -0.1) is 0 Å². The fourth-order valence-corrected chi connectivity index (χ4v) is 0. The van der Waals surface area contributed by atoms with Crippen LogP contribution >= 0.6 is 21.2 Å². The van der Waals surface area contributed by atoms with E-state index in [1.54, 1.807) is 0 Å². The molecule has 0 aliphatic carbocycles. The summed E-state index contributed by atoms with van der Waals surface area (Å²) < 4.78 is 0. The van der Waals surface area contributed by atoms with Crippen LogP contribution < -0.4 is 0 Å². The van der Waals surface area contributed by atoms with E-state index in [1.165, 1.54) is 0 Å². The molecule has 0 rings (SSSR count). The molecule has 1 atom stereocenters. The number of hydrogen-bond donors (Lipinski definition) is 0. The van der Waals surface area contributed by atoms with E-state index in [4.69, 9.17) is 11.2 Å². The van der Waals surface area contributed by atoms with Crippen LogP contribution in [-0.2, 0) is 17.8 Å². The van der Waals surface area contributed by atoms with E-state index >= 15 is 0 Å². The van der Waals surface area contributed by atoms with Crippen LogP contribution in [0.2, 0.25) is 0 Å². The van der Waals surface area contributed by atoms with E-state index in [9.17, 15) is 0 Å². The highest BCUT2D eigenvalue weighted by Gasteiger charge is 1.90. The first kappa shape index (κ1) is 7.30. The van der Waals surface area contributed by atoms with Crippen LogP contribution in [0.1, 0.15) is 13.8 Å². The topological polar surface area (TPSA) is 0 Å². The first-order chi connectivity index (χ1) is 2.64. The Labute approximate surface area is 57.9 Å². The molecule has 0 aromatic rings. The molecule has 3 heteroatoms. The van der Waals surface area contributed by atoms with Crippen molar-refractivity contribution in [3.05, 3.63) is 0 Å². The molecule has 0 aromatic carbocycles. The van der Waals surface area contributed by atoms with Gasteiger partial charge in [-0.1, -0.05) is 20.5 Å². The molecule has 38 valence electrons. The maximum Gasteiger partial charge on any atom is 0.0131 e. The van der Waals surface area contributed by atoms with E-state index < -0.39 is 0 Å². The lowest BCUT2D eigenvalue weighted by molar-refractivity contribution is 1.12. The molecule has 0 N–H and O–H groups in total. The first-order valence-electron chi connectivity index (χ1n) is 1.71. The van der Waals surface area contributed by atoms with Crippen LogP contribution in [0.3, 0.4) is 0 Å². The zero-order valence-electron chi connectivity index (χ0n) is 3.77. The Morgan fingerprint density at radius 3 is 1.83 bits per heavy atom. The Balaban J connectivity index is 3.26. The van der Waals surface area contributed by atoms with Gasteiger partial charge in [-0.05, 0) is 11.2 Å². The van der Waals surface area contributed by atoms with Crippen LogP contribution in [-0.4, -0.2) is 5.25 Å². The van der Waals surface area contributed by atoms with Crippen molar-refractivity contribution in [2.75, 3.05) is 0 Å². The Morgan fingerprint density at radius 1 is 1.67 bits per heavy atom. The van der Waals surface area contributed by atoms with E-state index in [-0.39, 0.29) is 6.63 Å². The zero-order chi connectivity index (χ0) is 5.15. The number of rotatable bonds is 1. The van der Waals surface area contributed by atoms with Crippen LogP contribution in [0.15, 0.2) is 0 Å². The lowest BCUT2D eigenvalue weighted by Gasteiger charge is -1.94. The second kappa shape index (κ2) is 3.32. The summed E-state index contributed by atoms with van der Waals surface area (Å²) in [5, 5.41) is 0.681. The van der Waals surface area contributed by atoms with Gasteiger partial charge in [0.1, 0.15) is 0 Å². The van der Waals surface area contributed by atoms with E-state index in [0.717, 1.165) is 0 Å². The quantitative estimate of drug-likeness (QED) is 0.492. The smallest absolute Gasteiger partial charge is 0.0131 e. The molecule has 0 aliphatic heterocycles. The lowest BCUT2D eigenvalue weighted by atomic mass is 10.6. The summed E-state index contributed by atoms with van der Waals surface area (Å²) in [7, 11) is 0. The first-order valence-corrected chi connectivity index (χ1v) is 6.47. The monoisotopic (exact) mass is 234 g/mol. The Morgan fingerprint density at radius 2 is 1.83 bits per heavy atom. The van der Waals surface area contributed by atoms with Gasteiger partial charge in [0.05, 0.1) is 0 Å². The number of hydrogen-bond acceptors (Lipinski definition) is 1. The molecule has 1 unspecified atom stereocenters. The fourth-order valence-electron chi connectivity index (χ4n) is 0. The lowest BCUT2D eigenvalue weighted by Crippen LogP contribution is -1.93. The molecule has 0 aromatic heterocycles. The number of halogens is 1. The van der Waals surface area contributed by atoms with Gasteiger partial charge in [-0.2, -0.15) is 0 Å².